The molecule has 1 aromatic heterocycles. The lowest BCUT2D eigenvalue weighted by atomic mass is 10.1. The zero-order valence-electron chi connectivity index (χ0n) is 7.91. The van der Waals surface area contributed by atoms with Crippen molar-refractivity contribution in [3.05, 3.63) is 40.1 Å². The van der Waals surface area contributed by atoms with Crippen molar-refractivity contribution in [2.75, 3.05) is 0 Å². The van der Waals surface area contributed by atoms with Gasteiger partial charge in [-0.25, -0.2) is 0 Å². The molecule has 0 aliphatic rings. The van der Waals surface area contributed by atoms with Gasteiger partial charge in [-0.15, -0.1) is 0 Å². The molecule has 0 radical (unpaired) electrons. The summed E-state index contributed by atoms with van der Waals surface area (Å²) in [6.07, 6.45) is 1.18. The number of carbonyl (C=O) groups excluding carboxylic acids is 1. The maximum absolute atomic E-state index is 11.1. The summed E-state index contributed by atoms with van der Waals surface area (Å²) < 4.78 is 4.70. The van der Waals surface area contributed by atoms with Crippen LogP contribution >= 0.6 is 23.2 Å². The van der Waals surface area contributed by atoms with E-state index >= 15 is 0 Å². The van der Waals surface area contributed by atoms with Gasteiger partial charge in [0.1, 0.15) is 17.5 Å². The summed E-state index contributed by atoms with van der Waals surface area (Å²) in [7, 11) is 0. The van der Waals surface area contributed by atoms with Crippen LogP contribution in [0.1, 0.15) is 10.4 Å². The van der Waals surface area contributed by atoms with Crippen LogP contribution in [0.25, 0.3) is 11.3 Å². The van der Waals surface area contributed by atoms with E-state index in [0.717, 1.165) is 0 Å². The largest absolute Gasteiger partial charge is 0.365 e. The van der Waals surface area contributed by atoms with Gasteiger partial charge in [0.25, 0.3) is 5.91 Å². The van der Waals surface area contributed by atoms with E-state index in [4.69, 9.17) is 33.5 Å². The number of aromatic nitrogens is 1. The third kappa shape index (κ3) is 1.89. The van der Waals surface area contributed by atoms with Gasteiger partial charge in [-0.1, -0.05) is 28.4 Å². The topological polar surface area (TPSA) is 69.1 Å². The van der Waals surface area contributed by atoms with Gasteiger partial charge in [0.2, 0.25) is 0 Å². The smallest absolute Gasteiger partial charge is 0.254 e. The summed E-state index contributed by atoms with van der Waals surface area (Å²) in [5.41, 5.74) is 6.22. The fraction of sp³-hybridized carbons (Fsp3) is 0. The van der Waals surface area contributed by atoms with Gasteiger partial charge in [0.15, 0.2) is 0 Å². The van der Waals surface area contributed by atoms with E-state index in [1.54, 1.807) is 18.2 Å². The Balaban J connectivity index is 2.59. The van der Waals surface area contributed by atoms with E-state index in [2.05, 4.69) is 5.16 Å². The molecule has 0 fully saturated rings. The fourth-order valence-electron chi connectivity index (χ4n) is 1.29. The Hall–Kier alpha value is -1.52. The molecule has 16 heavy (non-hydrogen) atoms. The quantitative estimate of drug-likeness (QED) is 0.899. The molecule has 2 N–H and O–H groups in total. The Kier molecular flexibility index (Phi) is 2.85. The number of benzene rings is 1. The zero-order chi connectivity index (χ0) is 11.7. The Morgan fingerprint density at radius 3 is 2.75 bits per heavy atom. The molecule has 6 heteroatoms. The SMILES string of the molecule is NC(=O)c1conc1-c1ccc(Cl)cc1Cl. The summed E-state index contributed by atoms with van der Waals surface area (Å²) in [6, 6.07) is 4.84. The predicted molar refractivity (Wildman–Crippen MR) is 60.5 cm³/mol. The lowest BCUT2D eigenvalue weighted by Crippen LogP contribution is -2.11. The predicted octanol–water partition coefficient (Wildman–Crippen LogP) is 2.75. The molecule has 2 aromatic rings. The molecule has 1 aromatic carbocycles. The molecule has 0 atom stereocenters. The highest BCUT2D eigenvalue weighted by molar-refractivity contribution is 6.36. The first kappa shape index (κ1) is 11.0. The molecule has 4 nitrogen and oxygen atoms in total. The van der Waals surface area contributed by atoms with E-state index in [-0.39, 0.29) is 5.56 Å². The lowest BCUT2D eigenvalue weighted by Gasteiger charge is -2.01. The van der Waals surface area contributed by atoms with E-state index in [0.29, 0.717) is 21.3 Å². The first-order valence-corrected chi connectivity index (χ1v) is 5.05. The summed E-state index contributed by atoms with van der Waals surface area (Å²) >= 11 is 11.7. The maximum Gasteiger partial charge on any atom is 0.254 e. The van der Waals surface area contributed by atoms with Gasteiger partial charge in [-0.2, -0.15) is 0 Å². The normalized spacial score (nSPS) is 10.4. The second-order valence-corrected chi connectivity index (χ2v) is 3.91. The number of hydrogen-bond acceptors (Lipinski definition) is 3. The number of hydrogen-bond donors (Lipinski definition) is 1. The molecule has 82 valence electrons. The molecule has 0 bridgehead atoms. The van der Waals surface area contributed by atoms with Crippen molar-refractivity contribution in [2.24, 2.45) is 5.73 Å². The number of rotatable bonds is 2. The molecule has 2 rings (SSSR count). The molecule has 0 saturated carbocycles. The third-order valence-electron chi connectivity index (χ3n) is 2.02. The minimum Gasteiger partial charge on any atom is -0.365 e. The van der Waals surface area contributed by atoms with Gasteiger partial charge in [-0.3, -0.25) is 4.79 Å². The molecule has 0 aliphatic carbocycles. The van der Waals surface area contributed by atoms with Crippen molar-refractivity contribution in [1.82, 2.24) is 5.16 Å². The van der Waals surface area contributed by atoms with Gasteiger partial charge in [0.05, 0.1) is 5.02 Å². The molecule has 1 heterocycles. The number of halogens is 2. The van der Waals surface area contributed by atoms with Crippen LogP contribution in [-0.4, -0.2) is 11.1 Å². The van der Waals surface area contributed by atoms with E-state index in [1.165, 1.54) is 6.26 Å². The van der Waals surface area contributed by atoms with Crippen LogP contribution in [-0.2, 0) is 0 Å². The van der Waals surface area contributed by atoms with Crippen molar-refractivity contribution < 1.29 is 9.32 Å². The van der Waals surface area contributed by atoms with E-state index in [1.807, 2.05) is 0 Å². The average molecular weight is 257 g/mol. The highest BCUT2D eigenvalue weighted by atomic mass is 35.5. The number of primary amides is 1. The van der Waals surface area contributed by atoms with Crippen molar-refractivity contribution in [3.63, 3.8) is 0 Å². The van der Waals surface area contributed by atoms with Crippen molar-refractivity contribution in [3.8, 4) is 11.3 Å². The van der Waals surface area contributed by atoms with Crippen LogP contribution in [0.15, 0.2) is 29.0 Å². The second-order valence-electron chi connectivity index (χ2n) is 3.07. The first-order chi connectivity index (χ1) is 7.59. The summed E-state index contributed by atoms with van der Waals surface area (Å²) in [4.78, 5) is 11.1. The molecular weight excluding hydrogens is 251 g/mol. The third-order valence-corrected chi connectivity index (χ3v) is 2.57. The maximum atomic E-state index is 11.1. The zero-order valence-corrected chi connectivity index (χ0v) is 9.42. The van der Waals surface area contributed by atoms with Gasteiger partial charge in [-0.05, 0) is 18.2 Å². The van der Waals surface area contributed by atoms with Crippen LogP contribution in [0.5, 0.6) is 0 Å². The number of nitrogens with two attached hydrogens (primary N) is 1. The van der Waals surface area contributed by atoms with E-state index < -0.39 is 5.91 Å². The van der Waals surface area contributed by atoms with Crippen LogP contribution in [0, 0.1) is 0 Å². The molecule has 0 unspecified atom stereocenters. The molecule has 0 aliphatic heterocycles. The van der Waals surface area contributed by atoms with Crippen molar-refractivity contribution in [2.45, 2.75) is 0 Å². The Morgan fingerprint density at radius 1 is 1.38 bits per heavy atom. The van der Waals surface area contributed by atoms with Crippen LogP contribution < -0.4 is 5.73 Å². The summed E-state index contributed by atoms with van der Waals surface area (Å²) in [5, 5.41) is 4.57. The van der Waals surface area contributed by atoms with Crippen LogP contribution in [0.2, 0.25) is 10.0 Å². The van der Waals surface area contributed by atoms with Crippen LogP contribution in [0.3, 0.4) is 0 Å². The standard InChI is InChI=1S/C10H6Cl2N2O2/c11-5-1-2-6(8(12)3-5)9-7(10(13)15)4-16-14-9/h1-4H,(H2,13,15). The van der Waals surface area contributed by atoms with Crippen molar-refractivity contribution >= 4 is 29.1 Å². The lowest BCUT2D eigenvalue weighted by molar-refractivity contribution is 0.1000. The van der Waals surface area contributed by atoms with Gasteiger partial charge in [0, 0.05) is 10.6 Å². The fourth-order valence-corrected chi connectivity index (χ4v) is 1.79. The Bertz CT molecular complexity index is 552. The monoisotopic (exact) mass is 256 g/mol. The minimum absolute atomic E-state index is 0.184. The molecular formula is C10H6Cl2N2O2. The molecule has 0 saturated heterocycles. The number of nitrogens with zero attached hydrogens (tertiary/aromatic N) is 1. The first-order valence-electron chi connectivity index (χ1n) is 4.29. The Morgan fingerprint density at radius 2 is 2.12 bits per heavy atom. The number of amides is 1. The van der Waals surface area contributed by atoms with E-state index in [9.17, 15) is 4.79 Å². The van der Waals surface area contributed by atoms with Gasteiger partial charge >= 0.3 is 0 Å². The minimum atomic E-state index is -0.623. The number of carbonyl (C=O) groups is 1. The molecule has 0 spiro atoms. The van der Waals surface area contributed by atoms with Crippen molar-refractivity contribution in [1.29, 1.82) is 0 Å². The highest BCUT2D eigenvalue weighted by Crippen LogP contribution is 2.31. The Labute approximate surface area is 101 Å². The average Bonchev–Trinajstić information content (AvgIpc) is 2.66. The van der Waals surface area contributed by atoms with Gasteiger partial charge < -0.3 is 10.3 Å². The highest BCUT2D eigenvalue weighted by Gasteiger charge is 2.17. The second kappa shape index (κ2) is 4.15. The summed E-state index contributed by atoms with van der Waals surface area (Å²) in [6.45, 7) is 0. The summed E-state index contributed by atoms with van der Waals surface area (Å²) in [5.74, 6) is -0.623. The van der Waals surface area contributed by atoms with Crippen LogP contribution in [0.4, 0.5) is 0 Å². The molecule has 1 amide bonds.